The molecule has 7 nitrogen and oxygen atoms in total. The molecule has 1 aromatic carbocycles. The summed E-state index contributed by atoms with van der Waals surface area (Å²) in [6.45, 7) is 5.35. The van der Waals surface area contributed by atoms with Crippen LogP contribution in [0.4, 0.5) is 0 Å². The molecule has 2 aromatic rings. The zero-order chi connectivity index (χ0) is 15.8. The summed E-state index contributed by atoms with van der Waals surface area (Å²) < 4.78 is 1.23. The number of aromatic carboxylic acids is 1. The Morgan fingerprint density at radius 1 is 1.33 bits per heavy atom. The molecule has 1 amide bonds. The predicted molar refractivity (Wildman–Crippen MR) is 77.4 cm³/mol. The highest BCUT2D eigenvalue weighted by Gasteiger charge is 2.18. The van der Waals surface area contributed by atoms with E-state index in [1.54, 1.807) is 6.07 Å². The van der Waals surface area contributed by atoms with E-state index in [1.165, 1.54) is 16.7 Å². The minimum absolute atomic E-state index is 0.000389. The summed E-state index contributed by atoms with van der Waals surface area (Å²) in [6.07, 6.45) is 0. The van der Waals surface area contributed by atoms with Gasteiger partial charge in [-0.05, 0) is 32.9 Å². The Balaban J connectivity index is 2.44. The van der Waals surface area contributed by atoms with E-state index in [0.29, 0.717) is 5.52 Å². The van der Waals surface area contributed by atoms with Crippen molar-refractivity contribution in [1.82, 2.24) is 14.9 Å². The molecule has 3 N–H and O–H groups in total. The lowest BCUT2D eigenvalue weighted by molar-refractivity contribution is -0.123. The van der Waals surface area contributed by atoms with E-state index in [0.717, 1.165) is 0 Å². The highest BCUT2D eigenvalue weighted by molar-refractivity contribution is 6.01. The van der Waals surface area contributed by atoms with Gasteiger partial charge in [0.2, 0.25) is 5.91 Å². The average Bonchev–Trinajstić information content (AvgIpc) is 2.63. The number of hydrogen-bond acceptors (Lipinski definition) is 3. The number of imidazole rings is 1. The van der Waals surface area contributed by atoms with Crippen molar-refractivity contribution in [3.63, 3.8) is 0 Å². The molecule has 2 rings (SSSR count). The first kappa shape index (κ1) is 14.8. The minimum atomic E-state index is -1.13. The number of carbonyl (C=O) groups excluding carboxylic acids is 1. The van der Waals surface area contributed by atoms with E-state index in [1.807, 2.05) is 20.8 Å². The molecule has 0 saturated heterocycles. The zero-order valence-corrected chi connectivity index (χ0v) is 12.1. The van der Waals surface area contributed by atoms with Gasteiger partial charge in [0.25, 0.3) is 0 Å². The fourth-order valence-electron chi connectivity index (χ4n) is 2.12. The molecule has 0 atom stereocenters. The lowest BCUT2D eigenvalue weighted by Crippen LogP contribution is -2.43. The maximum atomic E-state index is 11.9. The Morgan fingerprint density at radius 3 is 2.57 bits per heavy atom. The molecule has 1 heterocycles. The van der Waals surface area contributed by atoms with E-state index in [4.69, 9.17) is 5.11 Å². The number of carboxylic acid groups (broad SMARTS) is 1. The molecule has 0 aliphatic heterocycles. The number of benzene rings is 1. The quantitative estimate of drug-likeness (QED) is 0.782. The van der Waals surface area contributed by atoms with Crippen molar-refractivity contribution < 1.29 is 14.7 Å². The van der Waals surface area contributed by atoms with Crippen LogP contribution in [-0.4, -0.2) is 32.1 Å². The Morgan fingerprint density at radius 2 is 2.00 bits per heavy atom. The third-order valence-corrected chi connectivity index (χ3v) is 2.86. The van der Waals surface area contributed by atoms with Crippen molar-refractivity contribution in [1.29, 1.82) is 0 Å². The van der Waals surface area contributed by atoms with Crippen molar-refractivity contribution in [2.75, 3.05) is 0 Å². The molecule has 0 bridgehead atoms. The molecule has 0 aliphatic carbocycles. The van der Waals surface area contributed by atoms with E-state index in [9.17, 15) is 14.4 Å². The maximum Gasteiger partial charge on any atom is 0.337 e. The molecule has 1 aromatic heterocycles. The van der Waals surface area contributed by atoms with E-state index >= 15 is 0 Å². The largest absolute Gasteiger partial charge is 0.478 e. The van der Waals surface area contributed by atoms with Gasteiger partial charge in [-0.1, -0.05) is 6.07 Å². The van der Waals surface area contributed by atoms with Crippen LogP contribution in [0.1, 0.15) is 31.1 Å². The molecule has 21 heavy (non-hydrogen) atoms. The number of para-hydroxylation sites is 1. The number of H-pyrrole nitrogens is 1. The molecule has 0 saturated carbocycles. The summed E-state index contributed by atoms with van der Waals surface area (Å²) in [5.74, 6) is -1.45. The van der Waals surface area contributed by atoms with Crippen molar-refractivity contribution in [3.8, 4) is 0 Å². The van der Waals surface area contributed by atoms with Crippen LogP contribution < -0.4 is 11.0 Å². The highest BCUT2D eigenvalue weighted by atomic mass is 16.4. The van der Waals surface area contributed by atoms with Crippen LogP contribution >= 0.6 is 0 Å². The molecule has 0 unspecified atom stereocenters. The van der Waals surface area contributed by atoms with Crippen LogP contribution in [0.2, 0.25) is 0 Å². The van der Waals surface area contributed by atoms with Gasteiger partial charge >= 0.3 is 11.7 Å². The van der Waals surface area contributed by atoms with Crippen molar-refractivity contribution in [3.05, 3.63) is 34.2 Å². The second-order valence-electron chi connectivity index (χ2n) is 5.82. The van der Waals surface area contributed by atoms with Gasteiger partial charge in [-0.15, -0.1) is 0 Å². The third-order valence-electron chi connectivity index (χ3n) is 2.86. The second kappa shape index (κ2) is 5.08. The fraction of sp³-hybridized carbons (Fsp3) is 0.357. The summed E-state index contributed by atoms with van der Waals surface area (Å²) in [5, 5.41) is 11.9. The van der Waals surface area contributed by atoms with Crippen LogP contribution in [0, 0.1) is 0 Å². The Hall–Kier alpha value is -2.57. The molecular formula is C14H17N3O4. The lowest BCUT2D eigenvalue weighted by Gasteiger charge is -2.20. The Labute approximate surface area is 120 Å². The van der Waals surface area contributed by atoms with Gasteiger partial charge in [0.15, 0.2) is 0 Å². The molecule has 112 valence electrons. The number of aromatic amines is 1. The van der Waals surface area contributed by atoms with Crippen molar-refractivity contribution >= 4 is 22.9 Å². The number of hydrogen-bond donors (Lipinski definition) is 3. The standard InChI is InChI=1S/C14H17N3O4/c1-14(2,3)16-10(18)7-17-9-6-4-5-8(12(19)20)11(9)15-13(17)21/h4-6H,7H2,1-3H3,(H,15,21)(H,16,18)(H,19,20). The van der Waals surface area contributed by atoms with Gasteiger partial charge in [-0.3, -0.25) is 9.36 Å². The molecular weight excluding hydrogens is 274 g/mol. The monoisotopic (exact) mass is 291 g/mol. The topological polar surface area (TPSA) is 104 Å². The Kier molecular flexibility index (Phi) is 3.59. The van der Waals surface area contributed by atoms with Gasteiger partial charge in [-0.25, -0.2) is 9.59 Å². The van der Waals surface area contributed by atoms with Crippen LogP contribution in [-0.2, 0) is 11.3 Å². The molecule has 7 heteroatoms. The zero-order valence-electron chi connectivity index (χ0n) is 12.1. The van der Waals surface area contributed by atoms with E-state index in [2.05, 4.69) is 10.3 Å². The number of rotatable bonds is 3. The van der Waals surface area contributed by atoms with Crippen LogP contribution in [0.25, 0.3) is 11.0 Å². The lowest BCUT2D eigenvalue weighted by atomic mass is 10.1. The third kappa shape index (κ3) is 3.13. The smallest absolute Gasteiger partial charge is 0.337 e. The van der Waals surface area contributed by atoms with E-state index < -0.39 is 17.2 Å². The normalized spacial score (nSPS) is 11.6. The van der Waals surface area contributed by atoms with Crippen molar-refractivity contribution in [2.24, 2.45) is 0 Å². The molecule has 0 radical (unpaired) electrons. The SMILES string of the molecule is CC(C)(C)NC(=O)Cn1c(=O)[nH]c2c(C(=O)O)cccc21. The van der Waals surface area contributed by atoms with Gasteiger partial charge in [0, 0.05) is 5.54 Å². The number of amides is 1. The molecule has 0 spiro atoms. The summed E-state index contributed by atoms with van der Waals surface area (Å²) >= 11 is 0. The van der Waals surface area contributed by atoms with Crippen LogP contribution in [0.15, 0.2) is 23.0 Å². The summed E-state index contributed by atoms with van der Waals surface area (Å²) in [5.41, 5.74) is -0.302. The summed E-state index contributed by atoms with van der Waals surface area (Å²) in [7, 11) is 0. The second-order valence-corrected chi connectivity index (χ2v) is 5.82. The number of carboxylic acids is 1. The first-order valence-electron chi connectivity index (χ1n) is 6.45. The van der Waals surface area contributed by atoms with E-state index in [-0.39, 0.29) is 23.5 Å². The van der Waals surface area contributed by atoms with Crippen molar-refractivity contribution in [2.45, 2.75) is 32.9 Å². The highest BCUT2D eigenvalue weighted by Crippen LogP contribution is 2.15. The molecule has 0 fully saturated rings. The van der Waals surface area contributed by atoms with Gasteiger partial charge in [0.1, 0.15) is 6.54 Å². The number of fused-ring (bicyclic) bond motifs is 1. The average molecular weight is 291 g/mol. The number of nitrogens with zero attached hydrogens (tertiary/aromatic N) is 1. The first-order valence-corrected chi connectivity index (χ1v) is 6.45. The maximum absolute atomic E-state index is 11.9. The Bertz CT molecular complexity index is 765. The number of nitrogens with one attached hydrogen (secondary N) is 2. The van der Waals surface area contributed by atoms with Gasteiger partial charge in [-0.2, -0.15) is 0 Å². The van der Waals surface area contributed by atoms with Gasteiger partial charge in [0.05, 0.1) is 16.6 Å². The number of aromatic nitrogens is 2. The minimum Gasteiger partial charge on any atom is -0.478 e. The predicted octanol–water partition coefficient (Wildman–Crippen LogP) is 0.943. The van der Waals surface area contributed by atoms with Crippen LogP contribution in [0.3, 0.4) is 0 Å². The van der Waals surface area contributed by atoms with Crippen LogP contribution in [0.5, 0.6) is 0 Å². The van der Waals surface area contributed by atoms with Gasteiger partial charge < -0.3 is 15.4 Å². The molecule has 0 aliphatic rings. The summed E-state index contributed by atoms with van der Waals surface area (Å²) in [6, 6.07) is 4.54. The first-order chi connectivity index (χ1) is 9.69. The summed E-state index contributed by atoms with van der Waals surface area (Å²) in [4.78, 5) is 37.5. The number of carbonyl (C=O) groups is 2. The fourth-order valence-corrected chi connectivity index (χ4v) is 2.12.